The summed E-state index contributed by atoms with van der Waals surface area (Å²) >= 11 is 0. The van der Waals surface area contributed by atoms with Gasteiger partial charge in [0.05, 0.1) is 6.17 Å². The van der Waals surface area contributed by atoms with Gasteiger partial charge in [-0.15, -0.1) is 0 Å². The summed E-state index contributed by atoms with van der Waals surface area (Å²) in [7, 11) is 0. The quantitative estimate of drug-likeness (QED) is 0.455. The molecule has 2 saturated heterocycles. The molecule has 0 bridgehead atoms. The Hall–Kier alpha value is -1.71. The third-order valence-electron chi connectivity index (χ3n) is 9.83. The van der Waals surface area contributed by atoms with Crippen LogP contribution in [-0.2, 0) is 14.4 Å². The van der Waals surface area contributed by atoms with E-state index in [-0.39, 0.29) is 35.7 Å². The summed E-state index contributed by atoms with van der Waals surface area (Å²) in [4.78, 5) is 41.4. The molecule has 4 aliphatic carbocycles. The number of amides is 3. The largest absolute Gasteiger partial charge is 0.380 e. The number of fused-ring (bicyclic) bond motifs is 1. The van der Waals surface area contributed by atoms with Gasteiger partial charge in [0.2, 0.25) is 11.8 Å². The lowest BCUT2D eigenvalue weighted by Gasteiger charge is -2.41. The normalized spacial score (nSPS) is 38.5. The van der Waals surface area contributed by atoms with E-state index in [0.717, 1.165) is 51.4 Å². The zero-order valence-corrected chi connectivity index (χ0v) is 20.7. The SMILES string of the molecule is O=C(NC1NNC2CC(C3CCC(C(=O)N4CCN(C(=O)C5(O)CC5)CC4)CC3)CCC21)C1CC1. The van der Waals surface area contributed by atoms with Crippen LogP contribution in [0.15, 0.2) is 0 Å². The van der Waals surface area contributed by atoms with E-state index in [2.05, 4.69) is 16.2 Å². The molecule has 3 amide bonds. The lowest BCUT2D eigenvalue weighted by Crippen LogP contribution is -2.54. The monoisotopic (exact) mass is 487 g/mol. The molecule has 9 heteroatoms. The van der Waals surface area contributed by atoms with Crippen molar-refractivity contribution in [2.24, 2.45) is 29.6 Å². The first-order chi connectivity index (χ1) is 16.9. The molecule has 9 nitrogen and oxygen atoms in total. The van der Waals surface area contributed by atoms with E-state index in [9.17, 15) is 19.5 Å². The van der Waals surface area contributed by atoms with Crippen LogP contribution in [0.25, 0.3) is 0 Å². The Kier molecular flexibility index (Phi) is 6.29. The number of hydrogen-bond donors (Lipinski definition) is 4. The van der Waals surface area contributed by atoms with Crippen molar-refractivity contribution in [1.82, 2.24) is 26.0 Å². The van der Waals surface area contributed by atoms with Crippen LogP contribution < -0.4 is 16.2 Å². The summed E-state index contributed by atoms with van der Waals surface area (Å²) < 4.78 is 0. The smallest absolute Gasteiger partial charge is 0.254 e. The highest BCUT2D eigenvalue weighted by molar-refractivity contribution is 5.88. The Balaban J connectivity index is 0.937. The molecule has 0 aromatic heterocycles. The van der Waals surface area contributed by atoms with E-state index in [1.165, 1.54) is 6.42 Å². The zero-order chi connectivity index (χ0) is 24.2. The number of rotatable bonds is 5. The molecule has 4 atom stereocenters. The number of carbonyl (C=O) groups excluding carboxylic acids is 3. The van der Waals surface area contributed by atoms with Gasteiger partial charge in [0.1, 0.15) is 5.60 Å². The topological polar surface area (TPSA) is 114 Å². The Morgan fingerprint density at radius 3 is 2.06 bits per heavy atom. The Labute approximate surface area is 207 Å². The molecule has 6 rings (SSSR count). The Bertz CT molecular complexity index is 843. The highest BCUT2D eigenvalue weighted by Crippen LogP contribution is 2.43. The molecule has 6 aliphatic rings. The minimum Gasteiger partial charge on any atom is -0.380 e. The van der Waals surface area contributed by atoms with Crippen molar-refractivity contribution in [2.45, 2.75) is 88.4 Å². The van der Waals surface area contributed by atoms with E-state index in [1.54, 1.807) is 4.90 Å². The molecule has 0 radical (unpaired) electrons. The highest BCUT2D eigenvalue weighted by atomic mass is 16.3. The van der Waals surface area contributed by atoms with Crippen LogP contribution in [0.3, 0.4) is 0 Å². The molecule has 0 spiro atoms. The summed E-state index contributed by atoms with van der Waals surface area (Å²) in [6, 6.07) is 0.422. The fourth-order valence-corrected chi connectivity index (χ4v) is 7.14. The lowest BCUT2D eigenvalue weighted by atomic mass is 9.67. The summed E-state index contributed by atoms with van der Waals surface area (Å²) in [5, 5.41) is 13.3. The van der Waals surface area contributed by atoms with Gasteiger partial charge in [0, 0.05) is 50.0 Å². The standard InChI is InChI=1S/C26H41N5O4/c32-23(17-3-4-17)27-22-20-8-7-19(15-21(20)28-29-22)16-1-5-18(6-2-16)24(33)30-11-13-31(14-12-30)25(34)26(35)9-10-26/h16-22,28-29,35H,1-15H2,(H,27,32). The molecule has 194 valence electrons. The van der Waals surface area contributed by atoms with E-state index >= 15 is 0 Å². The van der Waals surface area contributed by atoms with Crippen molar-refractivity contribution < 1.29 is 19.5 Å². The maximum atomic E-state index is 13.2. The zero-order valence-electron chi connectivity index (χ0n) is 20.7. The summed E-state index contributed by atoms with van der Waals surface area (Å²) in [5.74, 6) is 2.54. The first kappa shape index (κ1) is 23.7. The van der Waals surface area contributed by atoms with Crippen molar-refractivity contribution in [2.75, 3.05) is 26.2 Å². The average molecular weight is 488 g/mol. The second-order valence-corrected chi connectivity index (χ2v) is 12.2. The Morgan fingerprint density at radius 1 is 0.771 bits per heavy atom. The molecule has 0 aromatic rings. The van der Waals surface area contributed by atoms with Crippen molar-refractivity contribution in [3.63, 3.8) is 0 Å². The first-order valence-corrected chi connectivity index (χ1v) is 14.0. The number of nitrogens with zero attached hydrogens (tertiary/aromatic N) is 2. The van der Waals surface area contributed by atoms with Gasteiger partial charge in [0.15, 0.2) is 0 Å². The molecule has 2 heterocycles. The number of hydrazine groups is 1. The molecule has 6 fully saturated rings. The predicted octanol–water partition coefficient (Wildman–Crippen LogP) is 0.734. The second-order valence-electron chi connectivity index (χ2n) is 12.2. The van der Waals surface area contributed by atoms with Gasteiger partial charge < -0.3 is 20.2 Å². The molecular formula is C26H41N5O4. The number of hydrogen-bond acceptors (Lipinski definition) is 6. The van der Waals surface area contributed by atoms with Crippen LogP contribution >= 0.6 is 0 Å². The molecule has 4 unspecified atom stereocenters. The highest BCUT2D eigenvalue weighted by Gasteiger charge is 2.50. The van der Waals surface area contributed by atoms with Crippen LogP contribution in [0.1, 0.15) is 70.6 Å². The summed E-state index contributed by atoms with van der Waals surface area (Å²) in [6.07, 6.45) is 11.0. The fraction of sp³-hybridized carbons (Fsp3) is 0.885. The Morgan fingerprint density at radius 2 is 1.40 bits per heavy atom. The molecule has 35 heavy (non-hydrogen) atoms. The van der Waals surface area contributed by atoms with Gasteiger partial charge in [-0.2, -0.15) is 0 Å². The van der Waals surface area contributed by atoms with Gasteiger partial charge in [-0.05, 0) is 82.5 Å². The van der Waals surface area contributed by atoms with Crippen LogP contribution in [0, 0.1) is 29.6 Å². The van der Waals surface area contributed by atoms with Crippen LogP contribution in [0.5, 0.6) is 0 Å². The van der Waals surface area contributed by atoms with Gasteiger partial charge in [-0.25, -0.2) is 5.43 Å². The van der Waals surface area contributed by atoms with Gasteiger partial charge >= 0.3 is 0 Å². The minimum absolute atomic E-state index is 0.0605. The number of piperazine rings is 1. The number of nitrogens with one attached hydrogen (secondary N) is 3. The third kappa shape index (κ3) is 4.83. The summed E-state index contributed by atoms with van der Waals surface area (Å²) in [5.41, 5.74) is 5.70. The van der Waals surface area contributed by atoms with E-state index in [4.69, 9.17) is 0 Å². The fourth-order valence-electron chi connectivity index (χ4n) is 7.14. The van der Waals surface area contributed by atoms with Crippen LogP contribution in [0.2, 0.25) is 0 Å². The summed E-state index contributed by atoms with van der Waals surface area (Å²) in [6.45, 7) is 2.25. The molecule has 0 aromatic carbocycles. The van der Waals surface area contributed by atoms with Crippen LogP contribution in [0.4, 0.5) is 0 Å². The van der Waals surface area contributed by atoms with Crippen LogP contribution in [-0.4, -0.2) is 76.6 Å². The maximum absolute atomic E-state index is 13.2. The van der Waals surface area contributed by atoms with Crippen molar-refractivity contribution >= 4 is 17.7 Å². The number of aliphatic hydroxyl groups is 1. The molecule has 4 N–H and O–H groups in total. The maximum Gasteiger partial charge on any atom is 0.254 e. The second kappa shape index (κ2) is 9.30. The van der Waals surface area contributed by atoms with Gasteiger partial charge in [-0.1, -0.05) is 0 Å². The minimum atomic E-state index is -1.11. The van der Waals surface area contributed by atoms with Gasteiger partial charge in [0.25, 0.3) is 5.91 Å². The molecule has 4 saturated carbocycles. The molecular weight excluding hydrogens is 446 g/mol. The first-order valence-electron chi connectivity index (χ1n) is 14.0. The predicted molar refractivity (Wildman–Crippen MR) is 128 cm³/mol. The van der Waals surface area contributed by atoms with Gasteiger partial charge in [-0.3, -0.25) is 19.8 Å². The number of carbonyl (C=O) groups is 3. The van der Waals surface area contributed by atoms with Crippen molar-refractivity contribution in [3.05, 3.63) is 0 Å². The average Bonchev–Trinajstić information content (AvgIpc) is 3.83. The van der Waals surface area contributed by atoms with Crippen molar-refractivity contribution in [3.8, 4) is 0 Å². The lowest BCUT2D eigenvalue weighted by molar-refractivity contribution is -0.148. The van der Waals surface area contributed by atoms with Crippen molar-refractivity contribution in [1.29, 1.82) is 0 Å². The van der Waals surface area contributed by atoms with E-state index in [0.29, 0.717) is 62.8 Å². The van der Waals surface area contributed by atoms with E-state index in [1.807, 2.05) is 4.90 Å². The third-order valence-corrected chi connectivity index (χ3v) is 9.83. The molecule has 2 aliphatic heterocycles. The van der Waals surface area contributed by atoms with E-state index < -0.39 is 5.60 Å².